The minimum Gasteiger partial charge on any atom is -0.389 e. The molecule has 8 heteroatoms. The van der Waals surface area contributed by atoms with E-state index in [1.165, 1.54) is 0 Å². The summed E-state index contributed by atoms with van der Waals surface area (Å²) in [6.45, 7) is 0. The van der Waals surface area contributed by atoms with E-state index in [9.17, 15) is 0 Å². The van der Waals surface area contributed by atoms with E-state index >= 15 is 0 Å². The lowest BCUT2D eigenvalue weighted by atomic mass is 10.2. The molecule has 0 unspecified atom stereocenters. The molecule has 0 saturated carbocycles. The van der Waals surface area contributed by atoms with Gasteiger partial charge < -0.3 is 10.6 Å². The van der Waals surface area contributed by atoms with Crippen molar-refractivity contribution in [1.29, 1.82) is 0 Å². The Kier molecular flexibility index (Phi) is 2.99. The van der Waals surface area contributed by atoms with Gasteiger partial charge in [0, 0.05) is 18.3 Å². The highest BCUT2D eigenvalue weighted by Crippen LogP contribution is 2.22. The van der Waals surface area contributed by atoms with Crippen LogP contribution >= 0.6 is 12.2 Å². The molecule has 0 aliphatic carbocycles. The number of nitrogens with two attached hydrogens (primary N) is 1. The highest BCUT2D eigenvalue weighted by atomic mass is 32.1. The van der Waals surface area contributed by atoms with Crippen molar-refractivity contribution in [2.24, 2.45) is 5.73 Å². The molecule has 2 aromatic heterocycles. The number of tetrazole rings is 1. The van der Waals surface area contributed by atoms with Crippen LogP contribution in [0.25, 0.3) is 5.65 Å². The van der Waals surface area contributed by atoms with Crippen molar-refractivity contribution >= 4 is 34.4 Å². The molecule has 2 heterocycles. The Hall–Kier alpha value is -2.61. The third-order valence-corrected chi connectivity index (χ3v) is 3.21. The van der Waals surface area contributed by atoms with Crippen molar-refractivity contribution in [3.05, 3.63) is 42.2 Å². The second kappa shape index (κ2) is 4.82. The van der Waals surface area contributed by atoms with Gasteiger partial charge in [-0.05, 0) is 34.7 Å². The van der Waals surface area contributed by atoms with Crippen LogP contribution in [0.4, 0.5) is 11.5 Å². The van der Waals surface area contributed by atoms with Gasteiger partial charge in [-0.1, -0.05) is 12.2 Å². The third kappa shape index (κ3) is 2.05. The molecule has 0 bridgehead atoms. The van der Waals surface area contributed by atoms with E-state index in [4.69, 9.17) is 18.0 Å². The molecule has 7 nitrogen and oxygen atoms in total. The maximum absolute atomic E-state index is 5.59. The molecule has 0 atom stereocenters. The van der Waals surface area contributed by atoms with Gasteiger partial charge in [-0.25, -0.2) is 0 Å². The van der Waals surface area contributed by atoms with E-state index in [0.29, 0.717) is 10.6 Å². The predicted octanol–water partition coefficient (Wildman–Crippen LogP) is 0.921. The van der Waals surface area contributed by atoms with Crippen LogP contribution in [-0.2, 0) is 0 Å². The van der Waals surface area contributed by atoms with Gasteiger partial charge in [-0.15, -0.1) is 5.10 Å². The van der Waals surface area contributed by atoms with Crippen molar-refractivity contribution in [2.75, 3.05) is 11.9 Å². The van der Waals surface area contributed by atoms with Crippen molar-refractivity contribution < 1.29 is 0 Å². The molecule has 3 rings (SSSR count). The van der Waals surface area contributed by atoms with Crippen LogP contribution in [0.2, 0.25) is 0 Å². The molecule has 0 saturated heterocycles. The molecular weight excluding hydrogens is 274 g/mol. The summed E-state index contributed by atoms with van der Waals surface area (Å²) in [6, 6.07) is 7.61. The van der Waals surface area contributed by atoms with Crippen LogP contribution in [0.1, 0.15) is 5.56 Å². The first-order valence-corrected chi connectivity index (χ1v) is 6.23. The van der Waals surface area contributed by atoms with Gasteiger partial charge in [0.15, 0.2) is 11.5 Å². The van der Waals surface area contributed by atoms with Crippen LogP contribution in [0.5, 0.6) is 0 Å². The number of fused-ring (bicyclic) bond motifs is 1. The first-order valence-electron chi connectivity index (χ1n) is 5.82. The zero-order valence-corrected chi connectivity index (χ0v) is 11.4. The zero-order valence-electron chi connectivity index (χ0n) is 10.6. The molecule has 0 aliphatic rings. The standard InChI is InChI=1S/C12H11N7S/c1-18(9-4-2-8(3-5-9)12(13)20)11-7-14-6-10-15-16-17-19(10)11/h2-7H,1H3,(H2,13,20). The van der Waals surface area contributed by atoms with E-state index in [2.05, 4.69) is 20.5 Å². The number of nitrogens with zero attached hydrogens (tertiary/aromatic N) is 6. The number of anilines is 2. The van der Waals surface area contributed by atoms with Gasteiger partial charge in [0.1, 0.15) is 4.99 Å². The lowest BCUT2D eigenvalue weighted by Crippen LogP contribution is -2.15. The van der Waals surface area contributed by atoms with Crippen LogP contribution in [-0.4, -0.2) is 37.1 Å². The fraction of sp³-hybridized carbons (Fsp3) is 0.0833. The second-order valence-electron chi connectivity index (χ2n) is 4.18. The molecule has 20 heavy (non-hydrogen) atoms. The Morgan fingerprint density at radius 2 is 2.00 bits per heavy atom. The van der Waals surface area contributed by atoms with E-state index < -0.39 is 0 Å². The van der Waals surface area contributed by atoms with Crippen LogP contribution < -0.4 is 10.6 Å². The smallest absolute Gasteiger partial charge is 0.199 e. The molecule has 2 N–H and O–H groups in total. The van der Waals surface area contributed by atoms with Crippen LogP contribution in [0.15, 0.2) is 36.7 Å². The number of rotatable bonds is 3. The summed E-state index contributed by atoms with van der Waals surface area (Å²) < 4.78 is 1.62. The van der Waals surface area contributed by atoms with E-state index in [1.54, 1.807) is 16.9 Å². The number of benzene rings is 1. The second-order valence-corrected chi connectivity index (χ2v) is 4.62. The number of thiocarbonyl (C=S) groups is 1. The maximum Gasteiger partial charge on any atom is 0.199 e. The normalized spacial score (nSPS) is 10.7. The summed E-state index contributed by atoms with van der Waals surface area (Å²) in [4.78, 5) is 6.44. The summed E-state index contributed by atoms with van der Waals surface area (Å²) in [6.07, 6.45) is 3.30. The first kappa shape index (κ1) is 12.4. The molecule has 0 fully saturated rings. The number of hydrogen-bond donors (Lipinski definition) is 1. The molecule has 0 aliphatic heterocycles. The van der Waals surface area contributed by atoms with Gasteiger partial charge in [-0.2, -0.15) is 4.52 Å². The summed E-state index contributed by atoms with van der Waals surface area (Å²) >= 11 is 4.94. The van der Waals surface area contributed by atoms with Crippen molar-refractivity contribution in [2.45, 2.75) is 0 Å². The summed E-state index contributed by atoms with van der Waals surface area (Å²) in [7, 11) is 1.91. The Balaban J connectivity index is 2.01. The van der Waals surface area contributed by atoms with E-state index in [0.717, 1.165) is 17.1 Å². The average Bonchev–Trinajstić information content (AvgIpc) is 2.95. The topological polar surface area (TPSA) is 85.2 Å². The lowest BCUT2D eigenvalue weighted by molar-refractivity contribution is 0.813. The molecule has 0 amide bonds. The van der Waals surface area contributed by atoms with Crippen molar-refractivity contribution in [3.63, 3.8) is 0 Å². The molecule has 1 aromatic carbocycles. The molecular formula is C12H11N7S. The summed E-state index contributed by atoms with van der Waals surface area (Å²) in [5.74, 6) is 0.760. The average molecular weight is 285 g/mol. The van der Waals surface area contributed by atoms with Crippen molar-refractivity contribution in [3.8, 4) is 0 Å². The fourth-order valence-electron chi connectivity index (χ4n) is 1.87. The zero-order chi connectivity index (χ0) is 14.1. The SMILES string of the molecule is CN(c1ccc(C(N)=S)cc1)c1cncc2nnnn12. The Labute approximate surface area is 120 Å². The fourth-order valence-corrected chi connectivity index (χ4v) is 2.01. The Morgan fingerprint density at radius 1 is 1.25 bits per heavy atom. The lowest BCUT2D eigenvalue weighted by Gasteiger charge is -2.19. The monoisotopic (exact) mass is 285 g/mol. The first-order chi connectivity index (χ1) is 9.66. The highest BCUT2D eigenvalue weighted by molar-refractivity contribution is 7.80. The summed E-state index contributed by atoms with van der Waals surface area (Å²) in [5, 5.41) is 11.5. The minimum absolute atomic E-state index is 0.378. The summed E-state index contributed by atoms with van der Waals surface area (Å²) in [5.41, 5.74) is 7.96. The third-order valence-electron chi connectivity index (χ3n) is 2.97. The van der Waals surface area contributed by atoms with E-state index in [1.807, 2.05) is 36.2 Å². The molecule has 0 radical (unpaired) electrons. The van der Waals surface area contributed by atoms with Gasteiger partial charge in [-0.3, -0.25) is 4.98 Å². The van der Waals surface area contributed by atoms with Crippen LogP contribution in [0, 0.1) is 0 Å². The number of hydrogen-bond acceptors (Lipinski definition) is 6. The van der Waals surface area contributed by atoms with Crippen molar-refractivity contribution in [1.82, 2.24) is 25.0 Å². The Bertz CT molecular complexity index is 765. The van der Waals surface area contributed by atoms with Gasteiger partial charge in [0.25, 0.3) is 0 Å². The van der Waals surface area contributed by atoms with Crippen LogP contribution in [0.3, 0.4) is 0 Å². The van der Waals surface area contributed by atoms with Gasteiger partial charge in [0.2, 0.25) is 0 Å². The molecule has 3 aromatic rings. The Morgan fingerprint density at radius 3 is 2.70 bits per heavy atom. The molecule has 100 valence electrons. The largest absolute Gasteiger partial charge is 0.389 e. The maximum atomic E-state index is 5.59. The van der Waals surface area contributed by atoms with Gasteiger partial charge in [0.05, 0.1) is 12.4 Å². The molecule has 0 spiro atoms. The highest BCUT2D eigenvalue weighted by Gasteiger charge is 2.10. The van der Waals surface area contributed by atoms with E-state index in [-0.39, 0.29) is 0 Å². The predicted molar refractivity (Wildman–Crippen MR) is 79.0 cm³/mol. The van der Waals surface area contributed by atoms with Gasteiger partial charge >= 0.3 is 0 Å². The number of aromatic nitrogens is 5. The quantitative estimate of drug-likeness (QED) is 0.716. The minimum atomic E-state index is 0.378.